The van der Waals surface area contributed by atoms with Crippen LogP contribution in [-0.2, 0) is 16.1 Å². The standard InChI is InChI=1S/C9H11NO3.ClH/c10-13-9(12)6-3-7-1-4-8(11)5-2-7;/h1-2,4-5,11H,3,6,10H2;1H. The monoisotopic (exact) mass is 217 g/mol. The number of nitrogens with two attached hydrogens (primary N) is 1. The van der Waals surface area contributed by atoms with Crippen molar-refractivity contribution in [3.05, 3.63) is 29.8 Å². The first kappa shape index (κ1) is 12.7. The molecular formula is C9H12ClNO3. The average molecular weight is 218 g/mol. The van der Waals surface area contributed by atoms with E-state index in [2.05, 4.69) is 10.7 Å². The molecule has 0 spiro atoms. The number of carbonyl (C=O) groups excluding carboxylic acids is 1. The third-order valence-corrected chi connectivity index (χ3v) is 1.69. The van der Waals surface area contributed by atoms with Crippen LogP contribution in [0.5, 0.6) is 5.75 Å². The second-order valence-corrected chi connectivity index (χ2v) is 2.66. The van der Waals surface area contributed by atoms with Crippen LogP contribution in [0.25, 0.3) is 0 Å². The normalized spacial score (nSPS) is 8.93. The van der Waals surface area contributed by atoms with E-state index < -0.39 is 5.97 Å². The van der Waals surface area contributed by atoms with Crippen LogP contribution in [0.3, 0.4) is 0 Å². The van der Waals surface area contributed by atoms with E-state index in [4.69, 9.17) is 5.11 Å². The third-order valence-electron chi connectivity index (χ3n) is 1.69. The van der Waals surface area contributed by atoms with Crippen molar-refractivity contribution in [3.8, 4) is 5.75 Å². The molecule has 4 nitrogen and oxygen atoms in total. The van der Waals surface area contributed by atoms with E-state index in [1.165, 1.54) is 0 Å². The topological polar surface area (TPSA) is 72.5 Å². The highest BCUT2D eigenvalue weighted by atomic mass is 35.5. The van der Waals surface area contributed by atoms with E-state index in [0.717, 1.165) is 5.56 Å². The van der Waals surface area contributed by atoms with Gasteiger partial charge in [0, 0.05) is 0 Å². The molecule has 0 aliphatic carbocycles. The second kappa shape index (κ2) is 6.23. The lowest BCUT2D eigenvalue weighted by Crippen LogP contribution is -2.10. The van der Waals surface area contributed by atoms with Gasteiger partial charge in [0.15, 0.2) is 0 Å². The summed E-state index contributed by atoms with van der Waals surface area (Å²) in [6.45, 7) is 0. The number of phenols is 1. The Balaban J connectivity index is 0.00000169. The summed E-state index contributed by atoms with van der Waals surface area (Å²) >= 11 is 0. The number of aryl methyl sites for hydroxylation is 1. The zero-order valence-electron chi connectivity index (χ0n) is 7.47. The molecule has 0 radical (unpaired) electrons. The molecule has 0 saturated heterocycles. The number of hydrogen-bond acceptors (Lipinski definition) is 4. The molecule has 0 fully saturated rings. The molecule has 0 atom stereocenters. The van der Waals surface area contributed by atoms with Crippen molar-refractivity contribution in [1.29, 1.82) is 0 Å². The summed E-state index contributed by atoms with van der Waals surface area (Å²) in [5.74, 6) is 4.45. The van der Waals surface area contributed by atoms with Gasteiger partial charge in [-0.05, 0) is 24.1 Å². The SMILES string of the molecule is Cl.NOC(=O)CCc1ccc(O)cc1. The van der Waals surface area contributed by atoms with Gasteiger partial charge < -0.3 is 9.94 Å². The summed E-state index contributed by atoms with van der Waals surface area (Å²) in [7, 11) is 0. The smallest absolute Gasteiger partial charge is 0.324 e. The van der Waals surface area contributed by atoms with E-state index in [0.29, 0.717) is 6.42 Å². The van der Waals surface area contributed by atoms with Crippen LogP contribution in [0.2, 0.25) is 0 Å². The lowest BCUT2D eigenvalue weighted by Gasteiger charge is -1.99. The number of carbonyl (C=O) groups is 1. The fourth-order valence-corrected chi connectivity index (χ4v) is 0.968. The van der Waals surface area contributed by atoms with E-state index in [-0.39, 0.29) is 24.6 Å². The summed E-state index contributed by atoms with van der Waals surface area (Å²) in [6, 6.07) is 6.64. The first-order chi connectivity index (χ1) is 6.22. The van der Waals surface area contributed by atoms with E-state index in [1.807, 2.05) is 0 Å². The van der Waals surface area contributed by atoms with Gasteiger partial charge in [-0.3, -0.25) is 4.79 Å². The van der Waals surface area contributed by atoms with Crippen LogP contribution < -0.4 is 5.90 Å². The Morgan fingerprint density at radius 3 is 2.43 bits per heavy atom. The van der Waals surface area contributed by atoms with Crippen LogP contribution in [0.1, 0.15) is 12.0 Å². The van der Waals surface area contributed by atoms with Gasteiger partial charge in [-0.1, -0.05) is 12.1 Å². The van der Waals surface area contributed by atoms with Gasteiger partial charge >= 0.3 is 5.97 Å². The van der Waals surface area contributed by atoms with Crippen LogP contribution in [0, 0.1) is 0 Å². The average Bonchev–Trinajstić information content (AvgIpc) is 2.16. The molecule has 0 aliphatic rings. The summed E-state index contributed by atoms with van der Waals surface area (Å²) in [5.41, 5.74) is 0.961. The van der Waals surface area contributed by atoms with Gasteiger partial charge in [0.05, 0.1) is 6.42 Å². The first-order valence-corrected chi connectivity index (χ1v) is 3.90. The Bertz CT molecular complexity index is 287. The molecule has 0 bridgehead atoms. The minimum Gasteiger partial charge on any atom is -0.508 e. The highest BCUT2D eigenvalue weighted by Gasteiger charge is 2.01. The molecule has 78 valence electrons. The van der Waals surface area contributed by atoms with Gasteiger partial charge in [-0.2, -0.15) is 5.90 Å². The summed E-state index contributed by atoms with van der Waals surface area (Å²) < 4.78 is 0. The van der Waals surface area contributed by atoms with E-state index >= 15 is 0 Å². The minimum atomic E-state index is -0.437. The number of halogens is 1. The summed E-state index contributed by atoms with van der Waals surface area (Å²) in [5, 5.41) is 8.97. The Labute approximate surface area is 88.0 Å². The van der Waals surface area contributed by atoms with Crippen molar-refractivity contribution >= 4 is 18.4 Å². The number of rotatable bonds is 3. The lowest BCUT2D eigenvalue weighted by molar-refractivity contribution is -0.144. The molecule has 0 saturated carbocycles. The molecule has 0 aliphatic heterocycles. The molecule has 0 amide bonds. The Hall–Kier alpha value is -1.26. The maximum absolute atomic E-state index is 10.7. The predicted molar refractivity (Wildman–Crippen MR) is 54.0 cm³/mol. The van der Waals surface area contributed by atoms with Crippen LogP contribution >= 0.6 is 12.4 Å². The van der Waals surface area contributed by atoms with Gasteiger partial charge in [0.2, 0.25) is 0 Å². The zero-order valence-corrected chi connectivity index (χ0v) is 8.29. The number of phenolic OH excluding ortho intramolecular Hbond substituents is 1. The molecule has 0 heterocycles. The molecule has 0 unspecified atom stereocenters. The largest absolute Gasteiger partial charge is 0.508 e. The second-order valence-electron chi connectivity index (χ2n) is 2.66. The maximum atomic E-state index is 10.7. The number of hydrogen-bond donors (Lipinski definition) is 2. The van der Waals surface area contributed by atoms with Crippen molar-refractivity contribution in [2.24, 2.45) is 5.90 Å². The van der Waals surface area contributed by atoms with Crippen molar-refractivity contribution in [2.45, 2.75) is 12.8 Å². The fraction of sp³-hybridized carbons (Fsp3) is 0.222. The van der Waals surface area contributed by atoms with Crippen molar-refractivity contribution < 1.29 is 14.7 Å². The molecular weight excluding hydrogens is 206 g/mol. The Kier molecular flexibility index (Phi) is 5.67. The lowest BCUT2D eigenvalue weighted by atomic mass is 10.1. The first-order valence-electron chi connectivity index (χ1n) is 3.90. The molecule has 0 aromatic heterocycles. The van der Waals surface area contributed by atoms with Gasteiger partial charge in [0.25, 0.3) is 0 Å². The molecule has 1 aromatic carbocycles. The Morgan fingerprint density at radius 2 is 1.93 bits per heavy atom. The van der Waals surface area contributed by atoms with Crippen LogP contribution in [0.4, 0.5) is 0 Å². The van der Waals surface area contributed by atoms with Crippen LogP contribution in [-0.4, -0.2) is 11.1 Å². The van der Waals surface area contributed by atoms with Crippen molar-refractivity contribution in [2.75, 3.05) is 0 Å². The van der Waals surface area contributed by atoms with Gasteiger partial charge in [-0.15, -0.1) is 12.4 Å². The molecule has 1 aromatic rings. The highest BCUT2D eigenvalue weighted by Crippen LogP contribution is 2.10. The minimum absolute atomic E-state index is 0. The number of aromatic hydroxyl groups is 1. The summed E-state index contributed by atoms with van der Waals surface area (Å²) in [6.07, 6.45) is 0.817. The fourth-order valence-electron chi connectivity index (χ4n) is 0.968. The molecule has 1 rings (SSSR count). The quantitative estimate of drug-likeness (QED) is 0.746. The predicted octanol–water partition coefficient (Wildman–Crippen LogP) is 1.16. The molecule has 14 heavy (non-hydrogen) atoms. The maximum Gasteiger partial charge on any atom is 0.324 e. The van der Waals surface area contributed by atoms with Crippen molar-refractivity contribution in [3.63, 3.8) is 0 Å². The van der Waals surface area contributed by atoms with Crippen LogP contribution in [0.15, 0.2) is 24.3 Å². The Morgan fingerprint density at radius 1 is 1.36 bits per heavy atom. The van der Waals surface area contributed by atoms with Gasteiger partial charge in [0.1, 0.15) is 5.75 Å². The van der Waals surface area contributed by atoms with Crippen molar-refractivity contribution in [1.82, 2.24) is 0 Å². The van der Waals surface area contributed by atoms with E-state index in [1.54, 1.807) is 24.3 Å². The third kappa shape index (κ3) is 4.11. The summed E-state index contributed by atoms with van der Waals surface area (Å²) in [4.78, 5) is 14.7. The van der Waals surface area contributed by atoms with E-state index in [9.17, 15) is 4.79 Å². The molecule has 5 heteroatoms. The zero-order chi connectivity index (χ0) is 9.68. The highest BCUT2D eigenvalue weighted by molar-refractivity contribution is 5.85. The van der Waals surface area contributed by atoms with Gasteiger partial charge in [-0.25, -0.2) is 0 Å². The number of benzene rings is 1. The molecule has 3 N–H and O–H groups in total.